The Balaban J connectivity index is 0.000000161. The minimum Gasteiger partial charge on any atom is -0.489 e. The highest BCUT2D eigenvalue weighted by atomic mass is 35.5. The normalized spacial score (nSPS) is 24.9. The highest BCUT2D eigenvalue weighted by molar-refractivity contribution is 7.19. The second-order valence-corrected chi connectivity index (χ2v) is 26.6. The molecule has 20 nitrogen and oxygen atoms in total. The monoisotopic (exact) mass is 1310 g/mol. The molecular formula is C61H58Cl4N4O16S2. The Hall–Kier alpha value is -5.54. The van der Waals surface area contributed by atoms with E-state index >= 15 is 0 Å². The van der Waals surface area contributed by atoms with Crippen molar-refractivity contribution >= 4 is 101 Å². The Morgan fingerprint density at radius 1 is 0.632 bits per heavy atom. The summed E-state index contributed by atoms with van der Waals surface area (Å²) >= 11 is 28.5. The van der Waals surface area contributed by atoms with Gasteiger partial charge in [0.2, 0.25) is 0 Å². The van der Waals surface area contributed by atoms with E-state index in [1.807, 2.05) is 27.7 Å². The molecule has 4 aromatic carbocycles. The van der Waals surface area contributed by atoms with E-state index in [0.717, 1.165) is 48.3 Å². The number of aromatic nitrogens is 4. The van der Waals surface area contributed by atoms with Crippen molar-refractivity contribution in [2.24, 2.45) is 0 Å². The van der Waals surface area contributed by atoms with Gasteiger partial charge in [-0.1, -0.05) is 68.8 Å². The molecule has 4 aromatic heterocycles. The molecule has 8 atom stereocenters. The molecule has 0 amide bonds. The summed E-state index contributed by atoms with van der Waals surface area (Å²) in [6.07, 6.45) is 0.170. The van der Waals surface area contributed by atoms with E-state index in [1.165, 1.54) is 41.9 Å². The fourth-order valence-electron chi connectivity index (χ4n) is 11.5. The van der Waals surface area contributed by atoms with Crippen molar-refractivity contribution in [3.63, 3.8) is 0 Å². The molecule has 458 valence electrons. The van der Waals surface area contributed by atoms with Crippen molar-refractivity contribution in [1.82, 2.24) is 20.3 Å². The van der Waals surface area contributed by atoms with Crippen LogP contribution in [0.1, 0.15) is 119 Å². The van der Waals surface area contributed by atoms with E-state index in [-0.39, 0.29) is 69.2 Å². The molecule has 87 heavy (non-hydrogen) atoms. The number of carbonyl (C=O) groups excluding carboxylic acids is 1. The maximum absolute atomic E-state index is 12.3. The van der Waals surface area contributed by atoms with Gasteiger partial charge in [-0.2, -0.15) is 0 Å². The Bertz CT molecular complexity index is 3920. The second-order valence-electron chi connectivity index (χ2n) is 22.9. The second kappa shape index (κ2) is 24.0. The average Bonchev–Trinajstić information content (AvgIpc) is 1.62. The number of nitrogens with zero attached hydrogens (tertiary/aromatic N) is 4. The van der Waals surface area contributed by atoms with Gasteiger partial charge in [0.05, 0.1) is 99.6 Å². The number of methoxy groups -OCH3 is 1. The van der Waals surface area contributed by atoms with E-state index in [9.17, 15) is 24.9 Å². The topological polar surface area (TPSA) is 256 Å². The van der Waals surface area contributed by atoms with Gasteiger partial charge in [0, 0.05) is 34.1 Å². The number of benzene rings is 4. The molecule has 14 rings (SSSR count). The van der Waals surface area contributed by atoms with Gasteiger partial charge in [0.25, 0.3) is 0 Å². The Morgan fingerprint density at radius 3 is 1.44 bits per heavy atom. The van der Waals surface area contributed by atoms with Crippen LogP contribution in [0, 0.1) is 0 Å². The SMILES string of the molecule is CC(C)Oc1cc(C(=O)O)cc2sc([C@@]3(O)CO[C@@H]4[C@H](OCc5c(-c6c(Cl)cccc6Cl)noc5C5CC5)CO[C@@H]43)nc12.COC(=O)c1cc(OC(C)C)c2nc([C@@]3(O)CO[C@@H]4[C@H](OCc5c(-c6c(Cl)cccc6Cl)noc5C5CC5)CO[C@@H]43)sc2c1. The largest absolute Gasteiger partial charge is 0.489 e. The maximum atomic E-state index is 12.3. The van der Waals surface area contributed by atoms with E-state index in [4.69, 9.17) is 108 Å². The number of carboxylic acid groups (broad SMARTS) is 1. The van der Waals surface area contributed by atoms with E-state index < -0.39 is 59.8 Å². The number of rotatable bonds is 18. The Kier molecular flexibility index (Phi) is 16.7. The van der Waals surface area contributed by atoms with E-state index in [2.05, 4.69) is 10.3 Å². The zero-order valence-corrected chi connectivity index (χ0v) is 52.0. The van der Waals surface area contributed by atoms with Crippen LogP contribution in [-0.4, -0.2) is 130 Å². The van der Waals surface area contributed by atoms with Gasteiger partial charge in [-0.05, 0) is 102 Å². The first-order valence-corrected chi connectivity index (χ1v) is 31.5. The number of esters is 1. The first kappa shape index (κ1) is 60.4. The smallest absolute Gasteiger partial charge is 0.338 e. The van der Waals surface area contributed by atoms with Crippen LogP contribution in [0.2, 0.25) is 20.1 Å². The molecule has 0 spiro atoms. The molecule has 8 aromatic rings. The van der Waals surface area contributed by atoms with Crippen molar-refractivity contribution in [3.8, 4) is 34.0 Å². The number of halogens is 4. The zero-order valence-electron chi connectivity index (χ0n) is 47.4. The van der Waals surface area contributed by atoms with Crippen LogP contribution in [0.15, 0.2) is 69.7 Å². The van der Waals surface area contributed by atoms with Crippen LogP contribution >= 0.6 is 69.1 Å². The van der Waals surface area contributed by atoms with Gasteiger partial charge in [0.1, 0.15) is 92.1 Å². The summed E-state index contributed by atoms with van der Waals surface area (Å²) in [6.45, 7) is 8.13. The van der Waals surface area contributed by atoms with Gasteiger partial charge in [-0.3, -0.25) is 0 Å². The lowest BCUT2D eigenvalue weighted by molar-refractivity contribution is -0.0808. The molecular weight excluding hydrogens is 1250 g/mol. The van der Waals surface area contributed by atoms with Crippen molar-refractivity contribution < 1.29 is 76.6 Å². The lowest BCUT2D eigenvalue weighted by Crippen LogP contribution is -2.41. The van der Waals surface area contributed by atoms with Crippen molar-refractivity contribution in [1.29, 1.82) is 0 Å². The molecule has 0 unspecified atom stereocenters. The number of hydrogen-bond donors (Lipinski definition) is 3. The molecule has 26 heteroatoms. The first-order chi connectivity index (χ1) is 41.8. The molecule has 2 aliphatic carbocycles. The van der Waals surface area contributed by atoms with Gasteiger partial charge < -0.3 is 67.0 Å². The third-order valence-corrected chi connectivity index (χ3v) is 19.6. The average molecular weight is 1310 g/mol. The van der Waals surface area contributed by atoms with Gasteiger partial charge in [0.15, 0.2) is 11.2 Å². The van der Waals surface area contributed by atoms with E-state index in [0.29, 0.717) is 90.1 Å². The molecule has 6 aliphatic rings. The van der Waals surface area contributed by atoms with E-state index in [1.54, 1.807) is 48.5 Å². The minimum atomic E-state index is -1.56. The van der Waals surface area contributed by atoms with Crippen LogP contribution in [0.25, 0.3) is 42.9 Å². The standard InChI is InChI=1S/C31H30Cl2N2O8S.C30H28Cl2N2O8S/c1-14(2)42-20-9-16(29(36)38-3)10-22-25(20)34-30(44-22)31(37)13-41-27-21(12-40-28(27)31)39-11-17-24(35-43-26(17)15-7-8-15)23-18(32)5-4-6-19(23)33;1-13(2)41-19-8-15(28(35)36)9-21-24(19)33-29(43-21)30(37)12-40-26-20(11-39-27(26)30)38-10-16-23(34-42-25(16)14-6-7-14)22-17(31)4-3-5-18(22)32/h4-6,9-10,14-15,21,27-28,37H,7-8,11-13H2,1-3H3;3-5,8-9,13-14,20,26-27,37H,6-7,10-12H2,1-2H3,(H,35,36)/t21-,27-,28+,31-;20-,26-,27+,30-/m11/s1. The summed E-state index contributed by atoms with van der Waals surface area (Å²) in [5.41, 5.74) is 2.22. The number of carbonyl (C=O) groups is 2. The molecule has 0 bridgehead atoms. The summed E-state index contributed by atoms with van der Waals surface area (Å²) in [5, 5.41) is 44.7. The molecule has 8 heterocycles. The predicted octanol–water partition coefficient (Wildman–Crippen LogP) is 12.5. The third kappa shape index (κ3) is 11.4. The van der Waals surface area contributed by atoms with Gasteiger partial charge >= 0.3 is 11.9 Å². The number of fused-ring (bicyclic) bond motifs is 4. The molecule has 6 fully saturated rings. The molecule has 4 aliphatic heterocycles. The van der Waals surface area contributed by atoms with Crippen LogP contribution in [0.5, 0.6) is 11.5 Å². The fourth-order valence-corrected chi connectivity index (χ4v) is 14.9. The highest BCUT2D eigenvalue weighted by Gasteiger charge is 2.60. The van der Waals surface area contributed by atoms with Crippen molar-refractivity contribution in [3.05, 3.63) is 125 Å². The summed E-state index contributed by atoms with van der Waals surface area (Å²) < 4.78 is 66.7. The summed E-state index contributed by atoms with van der Waals surface area (Å²) in [6, 6.07) is 16.9. The lowest BCUT2D eigenvalue weighted by atomic mass is 9.96. The number of thiazole rings is 2. The van der Waals surface area contributed by atoms with Crippen molar-refractivity contribution in [2.75, 3.05) is 33.5 Å². The minimum absolute atomic E-state index is 0.0344. The summed E-state index contributed by atoms with van der Waals surface area (Å²) in [5.74, 6) is 1.29. The fraction of sp³-hybridized carbons (Fsp3) is 0.443. The van der Waals surface area contributed by atoms with Crippen LogP contribution in [-0.2, 0) is 57.6 Å². The number of carboxylic acids is 1. The molecule has 2 saturated carbocycles. The quantitative estimate of drug-likeness (QED) is 0.0675. The Labute approximate surface area is 525 Å². The molecule has 3 N–H and O–H groups in total. The summed E-state index contributed by atoms with van der Waals surface area (Å²) in [7, 11) is 1.32. The van der Waals surface area contributed by atoms with Crippen molar-refractivity contribution in [2.45, 2.75) is 138 Å². The van der Waals surface area contributed by atoms with Crippen LogP contribution in [0.3, 0.4) is 0 Å². The van der Waals surface area contributed by atoms with Crippen LogP contribution in [0.4, 0.5) is 0 Å². The highest BCUT2D eigenvalue weighted by Crippen LogP contribution is 2.51. The zero-order chi connectivity index (χ0) is 60.8. The number of aliphatic hydroxyl groups is 2. The number of ether oxygens (including phenoxy) is 9. The number of hydrogen-bond acceptors (Lipinski definition) is 21. The molecule has 4 saturated heterocycles. The predicted molar refractivity (Wildman–Crippen MR) is 321 cm³/mol. The third-order valence-electron chi connectivity index (χ3n) is 16.0. The lowest BCUT2D eigenvalue weighted by Gasteiger charge is -2.24. The van der Waals surface area contributed by atoms with Gasteiger partial charge in [-0.15, -0.1) is 22.7 Å². The Morgan fingerprint density at radius 2 is 1.05 bits per heavy atom. The summed E-state index contributed by atoms with van der Waals surface area (Å²) in [4.78, 5) is 33.5. The first-order valence-electron chi connectivity index (χ1n) is 28.4. The molecule has 0 radical (unpaired) electrons. The maximum Gasteiger partial charge on any atom is 0.338 e. The van der Waals surface area contributed by atoms with Gasteiger partial charge in [-0.25, -0.2) is 19.6 Å². The van der Waals surface area contributed by atoms with Crippen LogP contribution < -0.4 is 9.47 Å². The number of aromatic carboxylic acids is 1.